The molecule has 5 aliphatic rings. The summed E-state index contributed by atoms with van der Waals surface area (Å²) in [5.74, 6) is 1.12. The zero-order chi connectivity index (χ0) is 41.2. The van der Waals surface area contributed by atoms with Gasteiger partial charge >= 0.3 is 0 Å². The van der Waals surface area contributed by atoms with E-state index in [9.17, 15) is 14.4 Å². The maximum Gasteiger partial charge on any atom is 0.255 e. The summed E-state index contributed by atoms with van der Waals surface area (Å²) in [6.45, 7) is 7.89. The molecular formula is C45H55ClN10O4. The molecule has 2 saturated heterocycles. The lowest BCUT2D eigenvalue weighted by atomic mass is 9.91. The number of aromatic nitrogens is 4. The lowest BCUT2D eigenvalue weighted by Gasteiger charge is -2.35. The van der Waals surface area contributed by atoms with Crippen LogP contribution in [0.3, 0.4) is 0 Å². The van der Waals surface area contributed by atoms with Crippen molar-refractivity contribution in [3.05, 3.63) is 87.8 Å². The SMILES string of the molecule is Cn1ncc(-c2nc(N[C@H]3CC[C@H](NCCN4CCN(Cc5ccc(COc6cccc7c6CN(C6CCC(=O)NC6=O)C7=O)cc5)CC4)CC3)ncc2Cl)c1CC1CC1. The fraction of sp³-hybridized carbons (Fsp3) is 0.511. The molecule has 1 atom stereocenters. The van der Waals surface area contributed by atoms with E-state index in [4.69, 9.17) is 21.3 Å². The van der Waals surface area contributed by atoms with Crippen molar-refractivity contribution in [2.45, 2.75) is 95.6 Å². The number of rotatable bonds is 15. The zero-order valence-corrected chi connectivity index (χ0v) is 35.1. The summed E-state index contributed by atoms with van der Waals surface area (Å²) < 4.78 is 8.19. The number of aryl methyl sites for hydroxylation is 1. The molecule has 3 aliphatic heterocycles. The number of nitrogens with zero attached hydrogens (tertiary/aromatic N) is 7. The number of amides is 3. The first-order chi connectivity index (χ1) is 29.2. The predicted molar refractivity (Wildman–Crippen MR) is 228 cm³/mol. The van der Waals surface area contributed by atoms with Crippen LogP contribution in [0.5, 0.6) is 5.75 Å². The van der Waals surface area contributed by atoms with Crippen molar-refractivity contribution in [1.29, 1.82) is 0 Å². The second-order valence-corrected chi connectivity index (χ2v) is 17.6. The molecule has 15 heteroatoms. The Morgan fingerprint density at radius 2 is 1.62 bits per heavy atom. The summed E-state index contributed by atoms with van der Waals surface area (Å²) in [6.07, 6.45) is 12.2. The number of hydrogen-bond donors (Lipinski definition) is 3. The standard InChI is InChI=1S/C45H55ClN10O4/c1-53-39(23-29-5-6-29)35(24-49-53)42-37(46)25-48-45(52-42)50-33-13-11-32(12-14-33)47-17-18-54-19-21-55(22-20-54)26-30-7-9-31(10-8-30)28-60-40-4-2-3-34-36(40)27-56(44(34)59)38-15-16-41(57)51-43(38)58/h2-4,7-10,24-25,29,32-33,38,47H,5-6,11-23,26-28H2,1H3,(H,48,50,52)(H,51,57,58)/t32-,33-,38?. The van der Waals surface area contributed by atoms with Gasteiger partial charge in [0, 0.05) is 93.7 Å². The highest BCUT2D eigenvalue weighted by atomic mass is 35.5. The Labute approximate surface area is 356 Å². The molecular weight excluding hydrogens is 780 g/mol. The minimum Gasteiger partial charge on any atom is -0.489 e. The van der Waals surface area contributed by atoms with Crippen LogP contribution in [0.4, 0.5) is 5.95 Å². The van der Waals surface area contributed by atoms with Gasteiger partial charge in [-0.2, -0.15) is 5.10 Å². The average molecular weight is 835 g/mol. The molecule has 3 amide bonds. The van der Waals surface area contributed by atoms with E-state index in [1.54, 1.807) is 17.2 Å². The van der Waals surface area contributed by atoms with Crippen LogP contribution in [-0.4, -0.2) is 110 Å². The first-order valence-electron chi connectivity index (χ1n) is 21.7. The van der Waals surface area contributed by atoms with Gasteiger partial charge in [-0.3, -0.25) is 34.2 Å². The molecule has 2 aromatic carbocycles. The van der Waals surface area contributed by atoms with E-state index in [2.05, 4.69) is 60.1 Å². The predicted octanol–water partition coefficient (Wildman–Crippen LogP) is 4.95. The molecule has 0 spiro atoms. The van der Waals surface area contributed by atoms with Crippen molar-refractivity contribution in [3.63, 3.8) is 0 Å². The molecule has 0 bridgehead atoms. The number of anilines is 1. The maximum absolute atomic E-state index is 13.2. The number of benzene rings is 2. The van der Waals surface area contributed by atoms with Gasteiger partial charge in [0.1, 0.15) is 18.4 Å². The number of hydrogen-bond acceptors (Lipinski definition) is 11. The third kappa shape index (κ3) is 9.36. The van der Waals surface area contributed by atoms with Crippen LogP contribution in [-0.2, 0) is 42.8 Å². The largest absolute Gasteiger partial charge is 0.489 e. The monoisotopic (exact) mass is 834 g/mol. The maximum atomic E-state index is 13.2. The van der Waals surface area contributed by atoms with Crippen LogP contribution in [0.2, 0.25) is 5.02 Å². The molecule has 1 unspecified atom stereocenters. The Morgan fingerprint density at radius 3 is 2.38 bits per heavy atom. The molecule has 4 aromatic rings. The van der Waals surface area contributed by atoms with Crippen LogP contribution in [0.15, 0.2) is 54.9 Å². The van der Waals surface area contributed by atoms with Gasteiger partial charge in [0.05, 0.1) is 29.7 Å². The van der Waals surface area contributed by atoms with E-state index < -0.39 is 11.9 Å². The molecule has 4 fully saturated rings. The Morgan fingerprint density at radius 1 is 0.867 bits per heavy atom. The Hall–Kier alpha value is -4.89. The third-order valence-electron chi connectivity index (χ3n) is 13.0. The molecule has 2 saturated carbocycles. The second-order valence-electron chi connectivity index (χ2n) is 17.2. The first kappa shape index (κ1) is 40.5. The molecule has 316 valence electrons. The Balaban J connectivity index is 0.668. The van der Waals surface area contributed by atoms with Gasteiger partial charge in [-0.1, -0.05) is 41.9 Å². The summed E-state index contributed by atoms with van der Waals surface area (Å²) in [4.78, 5) is 53.3. The minimum atomic E-state index is -0.648. The van der Waals surface area contributed by atoms with E-state index in [-0.39, 0.29) is 24.8 Å². The summed E-state index contributed by atoms with van der Waals surface area (Å²) in [5, 5.41) is 14.9. The van der Waals surface area contributed by atoms with Gasteiger partial charge in [-0.15, -0.1) is 0 Å². The highest BCUT2D eigenvalue weighted by molar-refractivity contribution is 6.33. The topological polar surface area (TPSA) is 150 Å². The van der Waals surface area contributed by atoms with Gasteiger partial charge in [0.25, 0.3) is 5.91 Å². The molecule has 2 aliphatic carbocycles. The van der Waals surface area contributed by atoms with Crippen LogP contribution >= 0.6 is 11.6 Å². The third-order valence-corrected chi connectivity index (χ3v) is 13.3. The van der Waals surface area contributed by atoms with E-state index in [0.29, 0.717) is 47.4 Å². The minimum absolute atomic E-state index is 0.200. The number of halogens is 1. The number of imide groups is 1. The molecule has 2 aromatic heterocycles. The molecule has 5 heterocycles. The number of carbonyl (C=O) groups excluding carboxylic acids is 3. The second kappa shape index (κ2) is 18.0. The lowest BCUT2D eigenvalue weighted by molar-refractivity contribution is -0.136. The number of piperazine rings is 1. The number of ether oxygens (including phenoxy) is 1. The van der Waals surface area contributed by atoms with Crippen LogP contribution in [0, 0.1) is 5.92 Å². The summed E-state index contributed by atoms with van der Waals surface area (Å²) in [6, 6.07) is 14.3. The number of fused-ring (bicyclic) bond motifs is 1. The molecule has 14 nitrogen and oxygen atoms in total. The highest BCUT2D eigenvalue weighted by Crippen LogP contribution is 2.37. The fourth-order valence-electron chi connectivity index (χ4n) is 9.20. The van der Waals surface area contributed by atoms with Crippen molar-refractivity contribution in [1.82, 2.24) is 45.1 Å². The number of carbonyl (C=O) groups is 3. The molecule has 0 radical (unpaired) electrons. The van der Waals surface area contributed by atoms with Gasteiger partial charge in [-0.05, 0) is 80.5 Å². The van der Waals surface area contributed by atoms with E-state index in [1.807, 2.05) is 30.1 Å². The van der Waals surface area contributed by atoms with Gasteiger partial charge < -0.3 is 20.3 Å². The summed E-state index contributed by atoms with van der Waals surface area (Å²) in [5.41, 5.74) is 6.64. The van der Waals surface area contributed by atoms with Crippen molar-refractivity contribution in [2.24, 2.45) is 13.0 Å². The van der Waals surface area contributed by atoms with Crippen LogP contribution in [0.1, 0.15) is 84.1 Å². The fourth-order valence-corrected chi connectivity index (χ4v) is 9.39. The van der Waals surface area contributed by atoms with Gasteiger partial charge in [0.2, 0.25) is 17.8 Å². The van der Waals surface area contributed by atoms with E-state index in [0.717, 1.165) is 106 Å². The summed E-state index contributed by atoms with van der Waals surface area (Å²) >= 11 is 6.61. The van der Waals surface area contributed by atoms with Gasteiger partial charge in [-0.25, -0.2) is 9.97 Å². The molecule has 3 N–H and O–H groups in total. The highest BCUT2D eigenvalue weighted by Gasteiger charge is 2.40. The molecule has 9 rings (SSSR count). The van der Waals surface area contributed by atoms with Gasteiger partial charge in [0.15, 0.2) is 0 Å². The van der Waals surface area contributed by atoms with E-state index >= 15 is 0 Å². The van der Waals surface area contributed by atoms with Crippen molar-refractivity contribution < 1.29 is 19.1 Å². The van der Waals surface area contributed by atoms with E-state index in [1.165, 1.54) is 24.1 Å². The number of nitrogens with one attached hydrogen (secondary N) is 3. The quantitative estimate of drug-likeness (QED) is 0.140. The molecule has 60 heavy (non-hydrogen) atoms. The van der Waals surface area contributed by atoms with Crippen LogP contribution < -0.4 is 20.7 Å². The normalized spacial score (nSPS) is 22.5. The Bertz CT molecular complexity index is 2190. The first-order valence-corrected chi connectivity index (χ1v) is 22.1. The lowest BCUT2D eigenvalue weighted by Crippen LogP contribution is -2.52. The van der Waals surface area contributed by atoms with Crippen molar-refractivity contribution in [2.75, 3.05) is 44.6 Å². The summed E-state index contributed by atoms with van der Waals surface area (Å²) in [7, 11) is 2.00. The van der Waals surface area contributed by atoms with Crippen LogP contribution in [0.25, 0.3) is 11.3 Å². The average Bonchev–Trinajstić information content (AvgIpc) is 3.93. The van der Waals surface area contributed by atoms with Crippen molar-refractivity contribution >= 4 is 35.3 Å². The zero-order valence-electron chi connectivity index (χ0n) is 34.4. The number of piperidine rings is 1. The smallest absolute Gasteiger partial charge is 0.255 e. The Kier molecular flexibility index (Phi) is 12.1. The van der Waals surface area contributed by atoms with Crippen molar-refractivity contribution in [3.8, 4) is 17.0 Å².